The van der Waals surface area contributed by atoms with Crippen LogP contribution >= 0.6 is 0 Å². The van der Waals surface area contributed by atoms with Gasteiger partial charge in [-0.15, -0.1) is 0 Å². The highest BCUT2D eigenvalue weighted by molar-refractivity contribution is 6.22. The minimum absolute atomic E-state index is 0.207. The molecule has 0 fully saturated rings. The van der Waals surface area contributed by atoms with Crippen molar-refractivity contribution in [3.8, 4) is 0 Å². The summed E-state index contributed by atoms with van der Waals surface area (Å²) in [5, 5.41) is 0. The van der Waals surface area contributed by atoms with E-state index in [0.717, 1.165) is 10.5 Å². The van der Waals surface area contributed by atoms with Crippen LogP contribution in [0, 0.1) is 5.92 Å². The van der Waals surface area contributed by atoms with Gasteiger partial charge in [-0.05, 0) is 29.7 Å². The Balaban J connectivity index is 1.87. The Morgan fingerprint density at radius 3 is 2.19 bits per heavy atom. The van der Waals surface area contributed by atoms with Gasteiger partial charge in [0, 0.05) is 26.0 Å². The van der Waals surface area contributed by atoms with E-state index in [2.05, 4.69) is 4.98 Å². The summed E-state index contributed by atoms with van der Waals surface area (Å²) in [5.41, 5.74) is 1.59. The van der Waals surface area contributed by atoms with Gasteiger partial charge in [0.2, 0.25) is 5.91 Å². The second kappa shape index (κ2) is 7.07. The predicted octanol–water partition coefficient (Wildman–Crippen LogP) is 2.36. The molecule has 1 atom stereocenters. The van der Waals surface area contributed by atoms with E-state index in [1.807, 2.05) is 19.9 Å². The van der Waals surface area contributed by atoms with Crippen LogP contribution < -0.4 is 0 Å². The molecular formula is C20H21N3O3. The van der Waals surface area contributed by atoms with E-state index in [1.165, 1.54) is 4.90 Å². The van der Waals surface area contributed by atoms with Crippen molar-refractivity contribution in [3.63, 3.8) is 0 Å². The third-order valence-electron chi connectivity index (χ3n) is 4.51. The van der Waals surface area contributed by atoms with Gasteiger partial charge in [-0.3, -0.25) is 24.3 Å². The third-order valence-corrected chi connectivity index (χ3v) is 4.51. The number of carbonyl (C=O) groups excluding carboxylic acids is 3. The molecule has 1 aliphatic heterocycles. The molecular weight excluding hydrogens is 330 g/mol. The maximum Gasteiger partial charge on any atom is 0.262 e. The topological polar surface area (TPSA) is 70.6 Å². The molecule has 3 amide bonds. The van der Waals surface area contributed by atoms with Crippen LogP contribution in [0.2, 0.25) is 0 Å². The monoisotopic (exact) mass is 351 g/mol. The minimum atomic E-state index is -0.843. The van der Waals surface area contributed by atoms with Gasteiger partial charge in [0.15, 0.2) is 0 Å². The maximum atomic E-state index is 13.1. The van der Waals surface area contributed by atoms with Crippen molar-refractivity contribution in [1.82, 2.24) is 14.8 Å². The first-order valence-corrected chi connectivity index (χ1v) is 8.52. The second-order valence-electron chi connectivity index (χ2n) is 6.77. The number of benzene rings is 1. The molecule has 1 unspecified atom stereocenters. The summed E-state index contributed by atoms with van der Waals surface area (Å²) in [6.45, 7) is 4.03. The van der Waals surface area contributed by atoms with Gasteiger partial charge < -0.3 is 4.90 Å². The number of nitrogens with zero attached hydrogens (tertiary/aromatic N) is 3. The van der Waals surface area contributed by atoms with E-state index in [9.17, 15) is 14.4 Å². The molecule has 1 aromatic heterocycles. The summed E-state index contributed by atoms with van der Waals surface area (Å²) in [7, 11) is 1.67. The molecule has 0 spiro atoms. The summed E-state index contributed by atoms with van der Waals surface area (Å²) >= 11 is 0. The Hall–Kier alpha value is -3.02. The number of rotatable bonds is 5. The lowest BCUT2D eigenvalue weighted by Gasteiger charge is -2.32. The SMILES string of the molecule is CC(C)C(C(=O)N(C)Cc1cccnc1)N1C(=O)c2ccccc2C1=O. The van der Waals surface area contributed by atoms with Crippen molar-refractivity contribution in [2.75, 3.05) is 7.05 Å². The van der Waals surface area contributed by atoms with E-state index in [4.69, 9.17) is 0 Å². The van der Waals surface area contributed by atoms with Crippen LogP contribution in [0.3, 0.4) is 0 Å². The molecule has 0 saturated carbocycles. The van der Waals surface area contributed by atoms with Crippen molar-refractivity contribution in [2.45, 2.75) is 26.4 Å². The molecule has 0 saturated heterocycles. The van der Waals surface area contributed by atoms with Crippen LogP contribution in [0.15, 0.2) is 48.8 Å². The minimum Gasteiger partial charge on any atom is -0.340 e. The van der Waals surface area contributed by atoms with Gasteiger partial charge in [-0.25, -0.2) is 0 Å². The Bertz CT molecular complexity index is 813. The second-order valence-corrected chi connectivity index (χ2v) is 6.77. The van der Waals surface area contributed by atoms with Gasteiger partial charge in [-0.2, -0.15) is 0 Å². The average molecular weight is 351 g/mol. The smallest absolute Gasteiger partial charge is 0.262 e. The summed E-state index contributed by atoms with van der Waals surface area (Å²) in [6, 6.07) is 9.51. The number of hydrogen-bond donors (Lipinski definition) is 0. The molecule has 1 aromatic carbocycles. The van der Waals surface area contributed by atoms with Gasteiger partial charge >= 0.3 is 0 Å². The zero-order chi connectivity index (χ0) is 18.8. The number of likely N-dealkylation sites (N-methyl/N-ethyl adjacent to an activating group) is 1. The quantitative estimate of drug-likeness (QED) is 0.776. The molecule has 26 heavy (non-hydrogen) atoms. The first kappa shape index (κ1) is 17.8. The highest BCUT2D eigenvalue weighted by Gasteiger charge is 2.44. The lowest BCUT2D eigenvalue weighted by molar-refractivity contribution is -0.136. The number of aromatic nitrogens is 1. The summed E-state index contributed by atoms with van der Waals surface area (Å²) in [4.78, 5) is 45.3. The molecule has 0 aliphatic carbocycles. The summed E-state index contributed by atoms with van der Waals surface area (Å²) < 4.78 is 0. The fourth-order valence-electron chi connectivity index (χ4n) is 3.22. The number of carbonyl (C=O) groups is 3. The number of amides is 3. The Morgan fingerprint density at radius 1 is 1.08 bits per heavy atom. The normalized spacial score (nSPS) is 14.5. The molecule has 2 aromatic rings. The average Bonchev–Trinajstić information content (AvgIpc) is 2.88. The lowest BCUT2D eigenvalue weighted by Crippen LogP contribution is -2.52. The first-order valence-electron chi connectivity index (χ1n) is 8.52. The van der Waals surface area contributed by atoms with Crippen molar-refractivity contribution in [1.29, 1.82) is 0 Å². The number of pyridine rings is 1. The molecule has 0 bridgehead atoms. The first-order chi connectivity index (χ1) is 12.4. The van der Waals surface area contributed by atoms with Crippen molar-refractivity contribution < 1.29 is 14.4 Å². The van der Waals surface area contributed by atoms with E-state index in [-0.39, 0.29) is 11.8 Å². The summed E-state index contributed by atoms with van der Waals surface area (Å²) in [6.07, 6.45) is 3.36. The largest absolute Gasteiger partial charge is 0.340 e. The molecule has 0 radical (unpaired) electrons. The third kappa shape index (κ3) is 3.10. The van der Waals surface area contributed by atoms with Crippen LogP contribution in [0.4, 0.5) is 0 Å². The highest BCUT2D eigenvalue weighted by atomic mass is 16.2. The van der Waals surface area contributed by atoms with Crippen LogP contribution in [0.5, 0.6) is 0 Å². The van der Waals surface area contributed by atoms with Gasteiger partial charge in [-0.1, -0.05) is 32.0 Å². The molecule has 3 rings (SSSR count). The van der Waals surface area contributed by atoms with Crippen LogP contribution in [0.1, 0.15) is 40.1 Å². The van der Waals surface area contributed by atoms with Gasteiger partial charge in [0.1, 0.15) is 6.04 Å². The van der Waals surface area contributed by atoms with Crippen molar-refractivity contribution in [2.24, 2.45) is 5.92 Å². The molecule has 1 aliphatic rings. The van der Waals surface area contributed by atoms with E-state index >= 15 is 0 Å². The number of imide groups is 1. The standard InChI is InChI=1S/C20H21N3O3/c1-13(2)17(20(26)22(3)12-14-7-6-10-21-11-14)23-18(24)15-8-4-5-9-16(15)19(23)25/h4-11,13,17H,12H2,1-3H3. The predicted molar refractivity (Wildman–Crippen MR) is 96.3 cm³/mol. The molecule has 6 heteroatoms. The molecule has 0 N–H and O–H groups in total. The van der Waals surface area contributed by atoms with Crippen molar-refractivity contribution in [3.05, 3.63) is 65.5 Å². The zero-order valence-corrected chi connectivity index (χ0v) is 15.0. The van der Waals surface area contributed by atoms with Crippen LogP contribution in [-0.4, -0.2) is 45.6 Å². The fourth-order valence-corrected chi connectivity index (χ4v) is 3.22. The highest BCUT2D eigenvalue weighted by Crippen LogP contribution is 2.28. The Morgan fingerprint density at radius 2 is 1.69 bits per heavy atom. The van der Waals surface area contributed by atoms with Crippen LogP contribution in [0.25, 0.3) is 0 Å². The van der Waals surface area contributed by atoms with Gasteiger partial charge in [0.25, 0.3) is 11.8 Å². The maximum absolute atomic E-state index is 13.1. The van der Waals surface area contributed by atoms with E-state index in [1.54, 1.807) is 49.8 Å². The van der Waals surface area contributed by atoms with E-state index in [0.29, 0.717) is 17.7 Å². The zero-order valence-electron chi connectivity index (χ0n) is 15.0. The van der Waals surface area contributed by atoms with Crippen LogP contribution in [-0.2, 0) is 11.3 Å². The molecule has 134 valence electrons. The fraction of sp³-hybridized carbons (Fsp3) is 0.300. The van der Waals surface area contributed by atoms with Gasteiger partial charge in [0.05, 0.1) is 11.1 Å². The summed E-state index contributed by atoms with van der Waals surface area (Å²) in [5.74, 6) is -1.29. The Kier molecular flexibility index (Phi) is 4.84. The van der Waals surface area contributed by atoms with E-state index < -0.39 is 17.9 Å². The number of fused-ring (bicyclic) bond motifs is 1. The molecule has 6 nitrogen and oxygen atoms in total. The number of hydrogen-bond acceptors (Lipinski definition) is 4. The Labute approximate surface area is 152 Å². The van der Waals surface area contributed by atoms with Crippen molar-refractivity contribution >= 4 is 17.7 Å². The lowest BCUT2D eigenvalue weighted by atomic mass is 10.0. The molecule has 2 heterocycles.